The lowest BCUT2D eigenvalue weighted by Crippen LogP contribution is -2.26. The van der Waals surface area contributed by atoms with Crippen molar-refractivity contribution >= 4 is 58.2 Å². The molecule has 0 unspecified atom stereocenters. The van der Waals surface area contributed by atoms with Gasteiger partial charge in [0.15, 0.2) is 5.17 Å². The quantitative estimate of drug-likeness (QED) is 0.647. The molecule has 0 radical (unpaired) electrons. The molecule has 1 fully saturated rings. The summed E-state index contributed by atoms with van der Waals surface area (Å²) in [5.41, 5.74) is 0.588. The van der Waals surface area contributed by atoms with Crippen LogP contribution in [-0.4, -0.2) is 33.6 Å². The zero-order chi connectivity index (χ0) is 15.4. The average molecular weight is 346 g/mol. The van der Waals surface area contributed by atoms with E-state index in [1.807, 2.05) is 0 Å². The van der Waals surface area contributed by atoms with E-state index in [0.717, 1.165) is 11.8 Å². The van der Waals surface area contributed by atoms with Crippen LogP contribution in [0.2, 0.25) is 10.0 Å². The molecule has 2 rings (SSSR count). The van der Waals surface area contributed by atoms with Gasteiger partial charge in [-0.25, -0.2) is 0 Å². The molecule has 1 atom stereocenters. The number of hydrogen-bond acceptors (Lipinski definition) is 5. The van der Waals surface area contributed by atoms with Crippen molar-refractivity contribution in [3.8, 4) is 0 Å². The van der Waals surface area contributed by atoms with E-state index in [0.29, 0.717) is 15.6 Å². The van der Waals surface area contributed by atoms with Crippen molar-refractivity contribution in [2.45, 2.75) is 11.7 Å². The number of hydrogen-bond donors (Lipinski definition) is 2. The largest absolute Gasteiger partial charge is 0.481 e. The molecule has 1 amide bonds. The Hall–Kier alpha value is -1.57. The van der Waals surface area contributed by atoms with E-state index in [-0.39, 0.29) is 11.6 Å². The van der Waals surface area contributed by atoms with Crippen molar-refractivity contribution in [3.63, 3.8) is 0 Å². The molecule has 0 bridgehead atoms. The zero-order valence-electron chi connectivity index (χ0n) is 10.4. The molecular weight excluding hydrogens is 337 g/mol. The van der Waals surface area contributed by atoms with Crippen molar-refractivity contribution in [2.24, 2.45) is 10.2 Å². The van der Waals surface area contributed by atoms with Crippen LogP contribution >= 0.6 is 35.0 Å². The molecule has 1 heterocycles. The Morgan fingerprint density at radius 1 is 1.48 bits per heavy atom. The molecule has 110 valence electrons. The van der Waals surface area contributed by atoms with Crippen LogP contribution in [0.1, 0.15) is 12.0 Å². The van der Waals surface area contributed by atoms with Gasteiger partial charge in [0.2, 0.25) is 5.91 Å². The minimum atomic E-state index is -1.04. The van der Waals surface area contributed by atoms with E-state index in [4.69, 9.17) is 28.3 Å². The van der Waals surface area contributed by atoms with Gasteiger partial charge in [-0.2, -0.15) is 5.10 Å². The summed E-state index contributed by atoms with van der Waals surface area (Å²) >= 11 is 12.9. The van der Waals surface area contributed by atoms with Gasteiger partial charge in [-0.15, -0.1) is 5.10 Å². The van der Waals surface area contributed by atoms with Gasteiger partial charge in [0.05, 0.1) is 22.7 Å². The first kappa shape index (κ1) is 15.8. The van der Waals surface area contributed by atoms with Gasteiger partial charge in [0.25, 0.3) is 0 Å². The van der Waals surface area contributed by atoms with Crippen LogP contribution in [0.4, 0.5) is 0 Å². The minimum Gasteiger partial charge on any atom is -0.481 e. The molecule has 1 aromatic rings. The standard InChI is InChI=1S/C12H9Cl2N3O3S/c13-7-3-1-2-6(10(7)14)5-15-17-12-16-11(20)8(21-12)4-9(18)19/h1-3,5,8H,4H2,(H,18,19)(H,16,17,20)/b15-5-/t8-/m0/s1. The Balaban J connectivity index is 2.05. The van der Waals surface area contributed by atoms with Crippen LogP contribution < -0.4 is 5.32 Å². The second-order valence-corrected chi connectivity index (χ2v) is 5.96. The second kappa shape index (κ2) is 6.93. The van der Waals surface area contributed by atoms with E-state index in [2.05, 4.69) is 15.5 Å². The fraction of sp³-hybridized carbons (Fsp3) is 0.167. The highest BCUT2D eigenvalue weighted by Crippen LogP contribution is 2.25. The van der Waals surface area contributed by atoms with Gasteiger partial charge in [-0.1, -0.05) is 47.1 Å². The molecule has 1 aliphatic heterocycles. The summed E-state index contributed by atoms with van der Waals surface area (Å²) in [6.07, 6.45) is 1.14. The first-order valence-electron chi connectivity index (χ1n) is 5.71. The first-order valence-corrected chi connectivity index (χ1v) is 7.35. The number of rotatable bonds is 4. The van der Waals surface area contributed by atoms with Gasteiger partial charge in [0.1, 0.15) is 5.25 Å². The normalized spacial score (nSPS) is 20.2. The Labute approximate surface area is 134 Å². The maximum atomic E-state index is 11.5. The Kier molecular flexibility index (Phi) is 5.22. The smallest absolute Gasteiger partial charge is 0.305 e. The molecule has 0 saturated carbocycles. The monoisotopic (exact) mass is 345 g/mol. The lowest BCUT2D eigenvalue weighted by molar-refractivity contribution is -0.138. The van der Waals surface area contributed by atoms with Crippen LogP contribution in [0.15, 0.2) is 28.4 Å². The van der Waals surface area contributed by atoms with E-state index >= 15 is 0 Å². The van der Waals surface area contributed by atoms with Gasteiger partial charge in [-0.05, 0) is 6.07 Å². The van der Waals surface area contributed by atoms with Crippen molar-refractivity contribution < 1.29 is 14.7 Å². The highest BCUT2D eigenvalue weighted by molar-refractivity contribution is 8.15. The molecule has 1 aromatic carbocycles. The number of benzene rings is 1. The summed E-state index contributed by atoms with van der Waals surface area (Å²) in [5.74, 6) is -1.43. The number of carboxylic acids is 1. The van der Waals surface area contributed by atoms with E-state index in [9.17, 15) is 9.59 Å². The van der Waals surface area contributed by atoms with Crippen LogP contribution in [-0.2, 0) is 9.59 Å². The third-order valence-corrected chi connectivity index (χ3v) is 4.37. The number of nitrogens with one attached hydrogen (secondary N) is 1. The number of carbonyl (C=O) groups excluding carboxylic acids is 1. The third-order valence-electron chi connectivity index (χ3n) is 2.46. The Morgan fingerprint density at radius 2 is 2.24 bits per heavy atom. The number of aliphatic carboxylic acids is 1. The molecule has 0 aliphatic carbocycles. The maximum absolute atomic E-state index is 11.5. The lowest BCUT2D eigenvalue weighted by Gasteiger charge is -1.98. The predicted octanol–water partition coefficient (Wildman–Crippen LogP) is 2.39. The molecule has 9 heteroatoms. The van der Waals surface area contributed by atoms with E-state index in [1.165, 1.54) is 6.21 Å². The summed E-state index contributed by atoms with van der Waals surface area (Å²) in [6.45, 7) is 0. The second-order valence-electron chi connectivity index (χ2n) is 3.99. The number of thioether (sulfide) groups is 1. The van der Waals surface area contributed by atoms with Crippen molar-refractivity contribution in [1.82, 2.24) is 5.32 Å². The van der Waals surface area contributed by atoms with Crippen LogP contribution in [0, 0.1) is 0 Å². The molecular formula is C12H9Cl2N3O3S. The topological polar surface area (TPSA) is 91.1 Å². The van der Waals surface area contributed by atoms with Gasteiger partial charge in [0, 0.05) is 5.56 Å². The summed E-state index contributed by atoms with van der Waals surface area (Å²) in [7, 11) is 0. The predicted molar refractivity (Wildman–Crippen MR) is 83.3 cm³/mol. The summed E-state index contributed by atoms with van der Waals surface area (Å²) in [4.78, 5) is 22.1. The van der Waals surface area contributed by atoms with Crippen molar-refractivity contribution in [2.75, 3.05) is 0 Å². The molecule has 0 spiro atoms. The number of amides is 1. The lowest BCUT2D eigenvalue weighted by atomic mass is 10.2. The molecule has 6 nitrogen and oxygen atoms in total. The molecule has 0 aromatic heterocycles. The molecule has 1 saturated heterocycles. The highest BCUT2D eigenvalue weighted by Gasteiger charge is 2.32. The zero-order valence-corrected chi connectivity index (χ0v) is 12.7. The average Bonchev–Trinajstić information content (AvgIpc) is 2.74. The number of nitrogens with zero attached hydrogens (tertiary/aromatic N) is 2. The Bertz CT molecular complexity index is 649. The minimum absolute atomic E-state index is 0.251. The fourth-order valence-corrected chi connectivity index (χ4v) is 2.78. The Morgan fingerprint density at radius 3 is 2.95 bits per heavy atom. The van der Waals surface area contributed by atoms with Gasteiger partial charge < -0.3 is 10.4 Å². The SMILES string of the molecule is O=C(O)C[C@@H]1S/C(=N\N=C/c2cccc(Cl)c2Cl)NC1=O. The number of halogens is 2. The van der Waals surface area contributed by atoms with Crippen LogP contribution in [0.3, 0.4) is 0 Å². The van der Waals surface area contributed by atoms with Crippen LogP contribution in [0.25, 0.3) is 0 Å². The molecule has 1 aliphatic rings. The maximum Gasteiger partial charge on any atom is 0.305 e. The van der Waals surface area contributed by atoms with Crippen molar-refractivity contribution in [3.05, 3.63) is 33.8 Å². The molecule has 2 N–H and O–H groups in total. The summed E-state index contributed by atoms with van der Waals surface area (Å²) in [5, 5.41) is 19.1. The number of carbonyl (C=O) groups is 2. The number of amidine groups is 1. The number of carboxylic acid groups (broad SMARTS) is 1. The fourth-order valence-electron chi connectivity index (χ4n) is 1.51. The summed E-state index contributed by atoms with van der Waals surface area (Å²) < 4.78 is 0. The van der Waals surface area contributed by atoms with Crippen molar-refractivity contribution in [1.29, 1.82) is 0 Å². The van der Waals surface area contributed by atoms with E-state index in [1.54, 1.807) is 18.2 Å². The summed E-state index contributed by atoms with van der Waals surface area (Å²) in [6, 6.07) is 5.08. The van der Waals surface area contributed by atoms with Crippen LogP contribution in [0.5, 0.6) is 0 Å². The van der Waals surface area contributed by atoms with Gasteiger partial charge >= 0.3 is 5.97 Å². The van der Waals surface area contributed by atoms with Gasteiger partial charge in [-0.3, -0.25) is 9.59 Å². The third kappa shape index (κ3) is 4.20. The molecule has 21 heavy (non-hydrogen) atoms. The first-order chi connectivity index (χ1) is 9.97. The van der Waals surface area contributed by atoms with E-state index < -0.39 is 17.1 Å². The highest BCUT2D eigenvalue weighted by atomic mass is 35.5.